The number of rotatable bonds is 5. The number of amides is 1. The van der Waals surface area contributed by atoms with E-state index in [-0.39, 0.29) is 11.7 Å². The van der Waals surface area contributed by atoms with E-state index in [4.69, 9.17) is 0 Å². The Morgan fingerprint density at radius 1 is 0.889 bits per heavy atom. The second kappa shape index (κ2) is 9.22. The molecular formula is C28H23FN6O. The summed E-state index contributed by atoms with van der Waals surface area (Å²) in [6, 6.07) is 17.7. The van der Waals surface area contributed by atoms with Crippen LogP contribution in [0.3, 0.4) is 0 Å². The number of halogens is 1. The van der Waals surface area contributed by atoms with Crippen LogP contribution in [0, 0.1) is 5.82 Å². The Morgan fingerprint density at radius 3 is 2.47 bits per heavy atom. The third kappa shape index (κ3) is 4.29. The summed E-state index contributed by atoms with van der Waals surface area (Å²) in [7, 11) is 0. The van der Waals surface area contributed by atoms with Crippen molar-refractivity contribution in [1.29, 1.82) is 0 Å². The minimum Gasteiger partial charge on any atom is -0.370 e. The van der Waals surface area contributed by atoms with Crippen LogP contribution in [-0.4, -0.2) is 39.2 Å². The Balaban J connectivity index is 1.24. The second-order valence-electron chi connectivity index (χ2n) is 8.85. The molecule has 0 saturated carbocycles. The monoisotopic (exact) mass is 478 g/mol. The van der Waals surface area contributed by atoms with Crippen molar-refractivity contribution in [2.75, 3.05) is 23.3 Å². The number of H-pyrrole nitrogens is 1. The standard InChI is InChI=1S/C28H23FN6O/c29-21-6-3-18(4-7-21)25-10-8-22(16-31-25)32-28(36)27-24-14-19(5-9-26(24)33-34-27)20-13-23(17-30-15-20)35-11-1-2-12-35/h3-10,13-17H,1-2,11-12H2,(H,32,36)(H,33,34). The number of carbonyl (C=O) groups is 1. The number of aromatic amines is 1. The van der Waals surface area contributed by atoms with Crippen molar-refractivity contribution in [2.24, 2.45) is 0 Å². The van der Waals surface area contributed by atoms with Crippen molar-refractivity contribution in [3.8, 4) is 22.4 Å². The fourth-order valence-corrected chi connectivity index (χ4v) is 4.55. The first-order valence-electron chi connectivity index (χ1n) is 11.9. The van der Waals surface area contributed by atoms with Crippen LogP contribution in [0.4, 0.5) is 15.8 Å². The highest BCUT2D eigenvalue weighted by Gasteiger charge is 2.17. The van der Waals surface area contributed by atoms with Gasteiger partial charge in [0.1, 0.15) is 5.82 Å². The molecule has 3 aromatic heterocycles. The molecule has 4 heterocycles. The lowest BCUT2D eigenvalue weighted by molar-refractivity contribution is 0.102. The molecule has 1 aliphatic rings. The van der Waals surface area contributed by atoms with Gasteiger partial charge in [-0.2, -0.15) is 5.10 Å². The van der Waals surface area contributed by atoms with Gasteiger partial charge in [-0.05, 0) is 73.0 Å². The Morgan fingerprint density at radius 2 is 1.69 bits per heavy atom. The van der Waals surface area contributed by atoms with Crippen molar-refractivity contribution in [3.05, 3.63) is 90.8 Å². The van der Waals surface area contributed by atoms with Crippen molar-refractivity contribution in [3.63, 3.8) is 0 Å². The Kier molecular flexibility index (Phi) is 5.61. The molecule has 6 rings (SSSR count). The third-order valence-electron chi connectivity index (χ3n) is 6.47. The Hall–Kier alpha value is -4.59. The van der Waals surface area contributed by atoms with E-state index in [2.05, 4.69) is 36.4 Å². The van der Waals surface area contributed by atoms with Gasteiger partial charge in [0.15, 0.2) is 5.69 Å². The predicted octanol–water partition coefficient (Wildman–Crippen LogP) is 5.68. The molecule has 7 nitrogen and oxygen atoms in total. The molecule has 1 amide bonds. The molecule has 2 aromatic carbocycles. The summed E-state index contributed by atoms with van der Waals surface area (Å²) in [5, 5.41) is 10.8. The summed E-state index contributed by atoms with van der Waals surface area (Å²) >= 11 is 0. The molecule has 0 spiro atoms. The van der Waals surface area contributed by atoms with Gasteiger partial charge in [0.2, 0.25) is 0 Å². The summed E-state index contributed by atoms with van der Waals surface area (Å²) in [6.45, 7) is 2.10. The molecule has 0 atom stereocenters. The van der Waals surface area contributed by atoms with Gasteiger partial charge in [0.25, 0.3) is 5.91 Å². The molecule has 0 radical (unpaired) electrons. The van der Waals surface area contributed by atoms with Crippen LogP contribution in [0.5, 0.6) is 0 Å². The fourth-order valence-electron chi connectivity index (χ4n) is 4.55. The van der Waals surface area contributed by atoms with Crippen molar-refractivity contribution >= 4 is 28.2 Å². The smallest absolute Gasteiger partial charge is 0.276 e. The topological polar surface area (TPSA) is 86.8 Å². The lowest BCUT2D eigenvalue weighted by Gasteiger charge is -2.17. The number of nitrogens with zero attached hydrogens (tertiary/aromatic N) is 4. The van der Waals surface area contributed by atoms with Crippen LogP contribution >= 0.6 is 0 Å². The quantitative estimate of drug-likeness (QED) is 0.339. The maximum Gasteiger partial charge on any atom is 0.276 e. The molecule has 0 unspecified atom stereocenters. The van der Waals surface area contributed by atoms with Gasteiger partial charge < -0.3 is 10.2 Å². The predicted molar refractivity (Wildman–Crippen MR) is 138 cm³/mol. The van der Waals surface area contributed by atoms with Crippen LogP contribution in [0.2, 0.25) is 0 Å². The molecule has 0 bridgehead atoms. The number of fused-ring (bicyclic) bond motifs is 1. The first-order valence-corrected chi connectivity index (χ1v) is 11.9. The zero-order chi connectivity index (χ0) is 24.5. The summed E-state index contributed by atoms with van der Waals surface area (Å²) in [5.41, 5.74) is 6.19. The van der Waals surface area contributed by atoms with Gasteiger partial charge in [-0.1, -0.05) is 6.07 Å². The summed E-state index contributed by atoms with van der Waals surface area (Å²) in [5.74, 6) is -0.633. The zero-order valence-corrected chi connectivity index (χ0v) is 19.4. The largest absolute Gasteiger partial charge is 0.370 e. The summed E-state index contributed by atoms with van der Waals surface area (Å²) < 4.78 is 13.2. The highest BCUT2D eigenvalue weighted by atomic mass is 19.1. The van der Waals surface area contributed by atoms with Gasteiger partial charge in [-0.15, -0.1) is 0 Å². The van der Waals surface area contributed by atoms with Crippen molar-refractivity contribution in [2.45, 2.75) is 12.8 Å². The highest BCUT2D eigenvalue weighted by Crippen LogP contribution is 2.29. The van der Waals surface area contributed by atoms with Gasteiger partial charge in [0, 0.05) is 35.8 Å². The minimum absolute atomic E-state index is 0.299. The number of pyridine rings is 2. The lowest BCUT2D eigenvalue weighted by atomic mass is 10.0. The molecular weight excluding hydrogens is 455 g/mol. The van der Waals surface area contributed by atoms with Crippen LogP contribution in [0.25, 0.3) is 33.3 Å². The summed E-state index contributed by atoms with van der Waals surface area (Å²) in [4.78, 5) is 24.3. The van der Waals surface area contributed by atoms with E-state index in [1.807, 2.05) is 30.6 Å². The fraction of sp³-hybridized carbons (Fsp3) is 0.143. The first-order chi connectivity index (χ1) is 17.6. The number of carbonyl (C=O) groups excluding carboxylic acids is 1. The van der Waals surface area contributed by atoms with Crippen LogP contribution in [-0.2, 0) is 0 Å². The van der Waals surface area contributed by atoms with E-state index >= 15 is 0 Å². The number of nitrogens with one attached hydrogen (secondary N) is 2. The van der Waals surface area contributed by atoms with Crippen LogP contribution in [0.15, 0.2) is 79.3 Å². The van der Waals surface area contributed by atoms with E-state index in [9.17, 15) is 9.18 Å². The third-order valence-corrected chi connectivity index (χ3v) is 6.47. The molecule has 1 aliphatic heterocycles. The highest BCUT2D eigenvalue weighted by molar-refractivity contribution is 6.11. The number of benzene rings is 2. The lowest BCUT2D eigenvalue weighted by Crippen LogP contribution is -2.17. The Bertz CT molecular complexity index is 1540. The van der Waals surface area contributed by atoms with Gasteiger partial charge in [0.05, 0.1) is 35.0 Å². The zero-order valence-electron chi connectivity index (χ0n) is 19.4. The van der Waals surface area contributed by atoms with E-state index < -0.39 is 0 Å². The molecule has 36 heavy (non-hydrogen) atoms. The van der Waals surface area contributed by atoms with E-state index in [0.717, 1.165) is 46.4 Å². The first kappa shape index (κ1) is 21.9. The number of aromatic nitrogens is 4. The van der Waals surface area contributed by atoms with Crippen molar-refractivity contribution < 1.29 is 9.18 Å². The molecule has 1 fully saturated rings. The van der Waals surface area contributed by atoms with Crippen LogP contribution in [0.1, 0.15) is 23.3 Å². The number of anilines is 2. The molecule has 1 saturated heterocycles. The van der Waals surface area contributed by atoms with E-state index in [1.165, 1.54) is 25.0 Å². The average Bonchev–Trinajstić information content (AvgIpc) is 3.60. The van der Waals surface area contributed by atoms with Gasteiger partial charge in [-0.3, -0.25) is 19.9 Å². The number of hydrogen-bond donors (Lipinski definition) is 2. The normalized spacial score (nSPS) is 13.3. The average molecular weight is 479 g/mol. The van der Waals surface area contributed by atoms with Crippen molar-refractivity contribution in [1.82, 2.24) is 20.2 Å². The molecule has 178 valence electrons. The summed E-state index contributed by atoms with van der Waals surface area (Å²) in [6.07, 6.45) is 7.73. The number of hydrogen-bond acceptors (Lipinski definition) is 5. The van der Waals surface area contributed by atoms with E-state index in [0.29, 0.717) is 17.1 Å². The maximum absolute atomic E-state index is 13.2. The SMILES string of the molecule is O=C(Nc1ccc(-c2ccc(F)cc2)nc1)c1n[nH]c2ccc(-c3cncc(N4CCCC4)c3)cc12. The maximum atomic E-state index is 13.2. The Labute approximate surface area is 207 Å². The molecule has 2 N–H and O–H groups in total. The van der Waals surface area contributed by atoms with Crippen LogP contribution < -0.4 is 10.2 Å². The van der Waals surface area contributed by atoms with Gasteiger partial charge in [-0.25, -0.2) is 4.39 Å². The second-order valence-corrected chi connectivity index (χ2v) is 8.85. The van der Waals surface area contributed by atoms with Gasteiger partial charge >= 0.3 is 0 Å². The minimum atomic E-state index is -0.335. The molecule has 8 heteroatoms. The molecule has 0 aliphatic carbocycles. The van der Waals surface area contributed by atoms with E-state index in [1.54, 1.807) is 30.5 Å². The molecule has 5 aromatic rings.